The van der Waals surface area contributed by atoms with Crippen LogP contribution in [0.5, 0.6) is 17.4 Å². The normalized spacial score (nSPS) is 11.8. The predicted octanol–water partition coefficient (Wildman–Crippen LogP) is 5.76. The molecule has 0 aliphatic heterocycles. The van der Waals surface area contributed by atoms with Crippen molar-refractivity contribution in [1.29, 1.82) is 0 Å². The molecule has 1 N–H and O–H groups in total. The molecule has 4 rings (SSSR count). The van der Waals surface area contributed by atoms with Gasteiger partial charge < -0.3 is 14.8 Å². The molecule has 1 aromatic heterocycles. The predicted molar refractivity (Wildman–Crippen MR) is 116 cm³/mol. The summed E-state index contributed by atoms with van der Waals surface area (Å²) in [6, 6.07) is 14.6. The summed E-state index contributed by atoms with van der Waals surface area (Å²) in [7, 11) is 0. The van der Waals surface area contributed by atoms with E-state index in [4.69, 9.17) is 21.1 Å². The Morgan fingerprint density at radius 2 is 1.75 bits per heavy atom. The average molecular weight is 456 g/mol. The van der Waals surface area contributed by atoms with Gasteiger partial charge in [0.1, 0.15) is 23.1 Å². The third-order valence-corrected chi connectivity index (χ3v) is 4.63. The van der Waals surface area contributed by atoms with Crippen molar-refractivity contribution in [3.8, 4) is 17.4 Å². The summed E-state index contributed by atoms with van der Waals surface area (Å²) in [6.45, 7) is 1.51. The number of nitrogens with zero attached hydrogens (tertiary/aromatic N) is 2. The molecule has 0 fully saturated rings. The first-order valence-corrected chi connectivity index (χ1v) is 9.88. The highest BCUT2D eigenvalue weighted by Gasteiger charge is 2.17. The molecule has 3 aromatic carbocycles. The number of nitrogens with one attached hydrogen (secondary N) is 1. The molecule has 0 spiro atoms. The second kappa shape index (κ2) is 9.15. The first-order chi connectivity index (χ1) is 15.4. The number of carbonyl (C=O) groups is 1. The van der Waals surface area contributed by atoms with E-state index in [0.29, 0.717) is 39.5 Å². The van der Waals surface area contributed by atoms with Crippen molar-refractivity contribution in [2.75, 3.05) is 5.32 Å². The molecule has 4 aromatic rings. The van der Waals surface area contributed by atoms with Crippen LogP contribution in [-0.4, -0.2) is 22.0 Å². The van der Waals surface area contributed by atoms with Crippen molar-refractivity contribution in [3.05, 3.63) is 83.5 Å². The number of ether oxygens (including phenoxy) is 2. The number of benzene rings is 3. The highest BCUT2D eigenvalue weighted by molar-refractivity contribution is 6.31. The van der Waals surface area contributed by atoms with Gasteiger partial charge in [-0.15, -0.1) is 0 Å². The van der Waals surface area contributed by atoms with Crippen LogP contribution in [0.25, 0.3) is 11.0 Å². The molecule has 1 heterocycles. The van der Waals surface area contributed by atoms with E-state index in [1.165, 1.54) is 13.1 Å². The molecule has 0 aliphatic rings. The van der Waals surface area contributed by atoms with Crippen LogP contribution in [0, 0.1) is 11.6 Å². The number of fused-ring (bicyclic) bond motifs is 1. The third-order valence-electron chi connectivity index (χ3n) is 4.40. The van der Waals surface area contributed by atoms with Gasteiger partial charge in [0.15, 0.2) is 6.10 Å². The lowest BCUT2D eigenvalue weighted by molar-refractivity contribution is -0.122. The van der Waals surface area contributed by atoms with Gasteiger partial charge in [0, 0.05) is 11.1 Å². The van der Waals surface area contributed by atoms with Gasteiger partial charge in [-0.1, -0.05) is 11.6 Å². The number of hydrogen-bond donors (Lipinski definition) is 1. The Morgan fingerprint density at radius 3 is 2.50 bits per heavy atom. The molecule has 1 atom stereocenters. The van der Waals surface area contributed by atoms with Gasteiger partial charge in [0.25, 0.3) is 5.91 Å². The van der Waals surface area contributed by atoms with Crippen LogP contribution in [0.15, 0.2) is 66.9 Å². The van der Waals surface area contributed by atoms with E-state index in [-0.39, 0.29) is 5.69 Å². The summed E-state index contributed by atoms with van der Waals surface area (Å²) in [5.74, 6) is -0.979. The Balaban J connectivity index is 1.37. The van der Waals surface area contributed by atoms with Gasteiger partial charge in [-0.3, -0.25) is 4.79 Å². The number of rotatable bonds is 6. The summed E-state index contributed by atoms with van der Waals surface area (Å²) in [6.07, 6.45) is 0.564. The zero-order chi connectivity index (χ0) is 22.7. The van der Waals surface area contributed by atoms with E-state index >= 15 is 0 Å². The van der Waals surface area contributed by atoms with Gasteiger partial charge in [-0.2, -0.15) is 0 Å². The Morgan fingerprint density at radius 1 is 1.00 bits per heavy atom. The van der Waals surface area contributed by atoms with Crippen molar-refractivity contribution in [2.45, 2.75) is 13.0 Å². The smallest absolute Gasteiger partial charge is 0.265 e. The fourth-order valence-electron chi connectivity index (χ4n) is 2.81. The highest BCUT2D eigenvalue weighted by Crippen LogP contribution is 2.25. The highest BCUT2D eigenvalue weighted by atomic mass is 35.5. The number of anilines is 1. The summed E-state index contributed by atoms with van der Waals surface area (Å²) in [4.78, 5) is 20.9. The average Bonchev–Trinajstić information content (AvgIpc) is 2.77. The van der Waals surface area contributed by atoms with Crippen LogP contribution in [0.2, 0.25) is 5.02 Å². The van der Waals surface area contributed by atoms with E-state index in [2.05, 4.69) is 15.3 Å². The first kappa shape index (κ1) is 21.5. The van der Waals surface area contributed by atoms with Crippen molar-refractivity contribution in [2.24, 2.45) is 0 Å². The van der Waals surface area contributed by atoms with Crippen molar-refractivity contribution in [3.63, 3.8) is 0 Å². The van der Waals surface area contributed by atoms with Gasteiger partial charge >= 0.3 is 0 Å². The van der Waals surface area contributed by atoms with E-state index in [9.17, 15) is 13.6 Å². The maximum Gasteiger partial charge on any atom is 0.265 e. The summed E-state index contributed by atoms with van der Waals surface area (Å²) in [5, 5.41) is 2.94. The molecule has 6 nitrogen and oxygen atoms in total. The summed E-state index contributed by atoms with van der Waals surface area (Å²) >= 11 is 5.95. The zero-order valence-corrected chi connectivity index (χ0v) is 17.4. The van der Waals surface area contributed by atoms with Gasteiger partial charge in [0.2, 0.25) is 5.88 Å². The van der Waals surface area contributed by atoms with Crippen LogP contribution in [0.4, 0.5) is 14.5 Å². The molecule has 0 bridgehead atoms. The maximum atomic E-state index is 13.7. The molecule has 0 unspecified atom stereocenters. The lowest BCUT2D eigenvalue weighted by Gasteiger charge is -2.15. The molecule has 9 heteroatoms. The van der Waals surface area contributed by atoms with E-state index in [0.717, 1.165) is 12.1 Å². The largest absolute Gasteiger partial charge is 0.481 e. The van der Waals surface area contributed by atoms with Gasteiger partial charge in [-0.05, 0) is 61.5 Å². The molecule has 0 radical (unpaired) electrons. The molecular weight excluding hydrogens is 440 g/mol. The van der Waals surface area contributed by atoms with Crippen molar-refractivity contribution < 1.29 is 23.0 Å². The van der Waals surface area contributed by atoms with Crippen LogP contribution in [0.1, 0.15) is 6.92 Å². The van der Waals surface area contributed by atoms with Crippen LogP contribution < -0.4 is 14.8 Å². The number of aromatic nitrogens is 2. The maximum absolute atomic E-state index is 13.7. The third kappa shape index (κ3) is 5.09. The van der Waals surface area contributed by atoms with Crippen LogP contribution in [0.3, 0.4) is 0 Å². The molecular formula is C23H16ClF2N3O3. The number of carbonyl (C=O) groups excluding carboxylic acids is 1. The lowest BCUT2D eigenvalue weighted by atomic mass is 10.2. The van der Waals surface area contributed by atoms with Crippen molar-refractivity contribution in [1.82, 2.24) is 9.97 Å². The van der Waals surface area contributed by atoms with Gasteiger partial charge in [-0.25, -0.2) is 18.7 Å². The molecule has 0 saturated carbocycles. The molecule has 0 aliphatic carbocycles. The van der Waals surface area contributed by atoms with Crippen molar-refractivity contribution >= 4 is 34.2 Å². The summed E-state index contributed by atoms with van der Waals surface area (Å²) < 4.78 is 38.0. The summed E-state index contributed by atoms with van der Waals surface area (Å²) in [5.41, 5.74) is 1.17. The second-order valence-corrected chi connectivity index (χ2v) is 7.22. The molecule has 1 amide bonds. The van der Waals surface area contributed by atoms with E-state index in [1.807, 2.05) is 0 Å². The fraction of sp³-hybridized carbons (Fsp3) is 0.0870. The quantitative estimate of drug-likeness (QED) is 0.400. The molecule has 0 saturated heterocycles. The SMILES string of the molecule is C[C@@H](Oc1ccc(Oc2cnc3cc(Cl)ccc3n2)cc1)C(=O)Nc1ccc(F)cc1F. The minimum absolute atomic E-state index is 0.130. The van der Waals surface area contributed by atoms with E-state index < -0.39 is 23.6 Å². The van der Waals surface area contributed by atoms with Crippen LogP contribution >= 0.6 is 11.6 Å². The molecule has 32 heavy (non-hydrogen) atoms. The Bertz CT molecular complexity index is 1290. The standard InChI is InChI=1S/C23H16ClF2N3O3/c1-13(23(30)29-19-9-3-15(25)11-18(19)26)31-16-4-6-17(7-5-16)32-22-12-27-21-10-14(24)2-8-20(21)28-22/h2-13H,1H3,(H,29,30)/t13-/m1/s1. The lowest BCUT2D eigenvalue weighted by Crippen LogP contribution is -2.30. The van der Waals surface area contributed by atoms with Crippen LogP contribution in [-0.2, 0) is 4.79 Å². The minimum Gasteiger partial charge on any atom is -0.481 e. The molecule has 162 valence electrons. The zero-order valence-electron chi connectivity index (χ0n) is 16.7. The Kier molecular flexibility index (Phi) is 6.13. The van der Waals surface area contributed by atoms with E-state index in [1.54, 1.807) is 42.5 Å². The Labute approximate surface area is 186 Å². The number of hydrogen-bond acceptors (Lipinski definition) is 5. The number of halogens is 3. The Hall–Kier alpha value is -3.78. The fourth-order valence-corrected chi connectivity index (χ4v) is 2.97. The first-order valence-electron chi connectivity index (χ1n) is 9.50. The second-order valence-electron chi connectivity index (χ2n) is 6.79. The van der Waals surface area contributed by atoms with Gasteiger partial charge in [0.05, 0.1) is 22.9 Å². The number of amides is 1. The monoisotopic (exact) mass is 455 g/mol. The topological polar surface area (TPSA) is 73.3 Å². The minimum atomic E-state index is -0.926.